The van der Waals surface area contributed by atoms with Crippen LogP contribution in [0.5, 0.6) is 0 Å². The van der Waals surface area contributed by atoms with Crippen LogP contribution in [0.3, 0.4) is 0 Å². The average Bonchev–Trinajstić information content (AvgIpc) is 3.59. The molecular weight excluding hydrogens is 473 g/mol. The maximum Gasteiger partial charge on any atom is 0.416 e. The summed E-state index contributed by atoms with van der Waals surface area (Å²) in [6, 6.07) is 7.40. The van der Waals surface area contributed by atoms with Crippen molar-refractivity contribution in [2.75, 3.05) is 18.4 Å². The van der Waals surface area contributed by atoms with Gasteiger partial charge in [-0.3, -0.25) is 4.79 Å². The number of amides is 1. The predicted molar refractivity (Wildman–Crippen MR) is 132 cm³/mol. The molecule has 1 aromatic carbocycles. The molecule has 2 aliphatic rings. The number of hydrogen-bond donors (Lipinski definition) is 1. The molecule has 3 aromatic rings. The van der Waals surface area contributed by atoms with E-state index in [-0.39, 0.29) is 5.91 Å². The van der Waals surface area contributed by atoms with E-state index in [0.717, 1.165) is 86.4 Å². The van der Waals surface area contributed by atoms with E-state index in [4.69, 9.17) is 4.98 Å². The molecule has 1 saturated heterocycles. The summed E-state index contributed by atoms with van der Waals surface area (Å²) in [7, 11) is 0. The minimum Gasteiger partial charge on any atom is -0.340 e. The normalized spacial score (nSPS) is 17.2. The van der Waals surface area contributed by atoms with Gasteiger partial charge in [0.2, 0.25) is 0 Å². The van der Waals surface area contributed by atoms with Crippen LogP contribution in [-0.4, -0.2) is 33.4 Å². The number of nitrogens with zero attached hydrogens (tertiary/aromatic N) is 3. The van der Waals surface area contributed by atoms with Crippen LogP contribution in [0.2, 0.25) is 0 Å². The fourth-order valence-electron chi connectivity index (χ4n) is 5.28. The molecular formula is C26H29F3N4OS. The number of hydrogen-bond acceptors (Lipinski definition) is 4. The summed E-state index contributed by atoms with van der Waals surface area (Å²) in [6.07, 6.45) is 3.37. The summed E-state index contributed by atoms with van der Waals surface area (Å²) in [6.45, 7) is 3.61. The highest BCUT2D eigenvalue weighted by atomic mass is 32.1. The fourth-order valence-corrected chi connectivity index (χ4v) is 6.01. The van der Waals surface area contributed by atoms with Crippen molar-refractivity contribution in [3.63, 3.8) is 0 Å². The zero-order valence-corrected chi connectivity index (χ0v) is 20.5. The average molecular weight is 503 g/mol. The SMILES string of the molecule is Cc1c(C(=O)N2CCCC2)cc(-c2csc(Nc3cccc(C(F)(F)F)c3)n2)n1C1CCCCC1. The molecule has 1 aliphatic carbocycles. The molecule has 1 aliphatic heterocycles. The third kappa shape index (κ3) is 4.96. The van der Waals surface area contributed by atoms with Crippen LogP contribution in [0, 0.1) is 6.92 Å². The number of aromatic nitrogens is 2. The van der Waals surface area contributed by atoms with Crippen LogP contribution >= 0.6 is 11.3 Å². The maximum absolute atomic E-state index is 13.3. The van der Waals surface area contributed by atoms with Gasteiger partial charge in [-0.1, -0.05) is 25.3 Å². The Hall–Kier alpha value is -2.81. The van der Waals surface area contributed by atoms with Crippen molar-refractivity contribution in [1.29, 1.82) is 0 Å². The third-order valence-corrected chi connectivity index (χ3v) is 7.82. The third-order valence-electron chi connectivity index (χ3n) is 7.06. The number of benzene rings is 1. The number of halogens is 3. The molecule has 1 saturated carbocycles. The summed E-state index contributed by atoms with van der Waals surface area (Å²) >= 11 is 1.34. The first-order chi connectivity index (χ1) is 16.8. The minimum absolute atomic E-state index is 0.0772. The first kappa shape index (κ1) is 23.9. The molecule has 1 N–H and O–H groups in total. The van der Waals surface area contributed by atoms with E-state index in [1.165, 1.54) is 23.8 Å². The molecule has 5 nitrogen and oxygen atoms in total. The Morgan fingerprint density at radius 2 is 1.83 bits per heavy atom. The lowest BCUT2D eigenvalue weighted by Gasteiger charge is -2.27. The molecule has 0 atom stereocenters. The van der Waals surface area contributed by atoms with Crippen molar-refractivity contribution in [3.05, 3.63) is 52.5 Å². The van der Waals surface area contributed by atoms with E-state index >= 15 is 0 Å². The molecule has 5 rings (SSSR count). The van der Waals surface area contributed by atoms with Crippen molar-refractivity contribution in [3.8, 4) is 11.4 Å². The number of nitrogens with one attached hydrogen (secondary N) is 1. The quantitative estimate of drug-likeness (QED) is 0.395. The van der Waals surface area contributed by atoms with Crippen LogP contribution in [0.25, 0.3) is 11.4 Å². The van der Waals surface area contributed by atoms with Gasteiger partial charge < -0.3 is 14.8 Å². The summed E-state index contributed by atoms with van der Waals surface area (Å²) in [5.41, 5.74) is 2.98. The molecule has 1 amide bonds. The Bertz CT molecular complexity index is 1200. The number of thiazole rings is 1. The van der Waals surface area contributed by atoms with Crippen LogP contribution < -0.4 is 5.32 Å². The maximum atomic E-state index is 13.3. The van der Waals surface area contributed by atoms with Crippen LogP contribution in [0.15, 0.2) is 35.7 Å². The van der Waals surface area contributed by atoms with Gasteiger partial charge >= 0.3 is 6.18 Å². The first-order valence-corrected chi connectivity index (χ1v) is 13.1. The molecule has 35 heavy (non-hydrogen) atoms. The second-order valence-corrected chi connectivity index (χ2v) is 10.3. The van der Waals surface area contributed by atoms with Gasteiger partial charge in [-0.25, -0.2) is 4.98 Å². The topological polar surface area (TPSA) is 50.2 Å². The molecule has 0 spiro atoms. The number of anilines is 2. The molecule has 3 heterocycles. The lowest BCUT2D eigenvalue weighted by atomic mass is 9.95. The van der Waals surface area contributed by atoms with Gasteiger partial charge in [0.05, 0.1) is 22.5 Å². The minimum atomic E-state index is -4.40. The van der Waals surface area contributed by atoms with E-state index < -0.39 is 11.7 Å². The molecule has 2 fully saturated rings. The highest BCUT2D eigenvalue weighted by Gasteiger charge is 2.31. The first-order valence-electron chi connectivity index (χ1n) is 12.2. The van der Waals surface area contributed by atoms with E-state index in [2.05, 4.69) is 9.88 Å². The smallest absolute Gasteiger partial charge is 0.340 e. The zero-order valence-electron chi connectivity index (χ0n) is 19.7. The van der Waals surface area contributed by atoms with E-state index in [1.54, 1.807) is 6.07 Å². The number of carbonyl (C=O) groups excluding carboxylic acids is 1. The summed E-state index contributed by atoms with van der Waals surface area (Å²) in [5, 5.41) is 5.44. The van der Waals surface area contributed by atoms with Gasteiger partial charge in [0, 0.05) is 35.9 Å². The zero-order chi connectivity index (χ0) is 24.6. The van der Waals surface area contributed by atoms with E-state index in [9.17, 15) is 18.0 Å². The number of likely N-dealkylation sites (tertiary alicyclic amines) is 1. The summed E-state index contributed by atoms with van der Waals surface area (Å²) in [4.78, 5) is 19.9. The molecule has 186 valence electrons. The van der Waals surface area contributed by atoms with Crippen LogP contribution in [0.4, 0.5) is 24.0 Å². The van der Waals surface area contributed by atoms with Gasteiger partial charge in [0.1, 0.15) is 0 Å². The van der Waals surface area contributed by atoms with Crippen molar-refractivity contribution < 1.29 is 18.0 Å². The Morgan fingerprint density at radius 1 is 1.09 bits per heavy atom. The highest BCUT2D eigenvalue weighted by Crippen LogP contribution is 2.38. The second-order valence-electron chi connectivity index (χ2n) is 9.43. The molecule has 9 heteroatoms. The van der Waals surface area contributed by atoms with E-state index in [1.807, 2.05) is 23.3 Å². The Morgan fingerprint density at radius 3 is 2.54 bits per heavy atom. The van der Waals surface area contributed by atoms with Crippen LogP contribution in [0.1, 0.15) is 72.6 Å². The fraction of sp³-hybridized carbons (Fsp3) is 0.462. The van der Waals surface area contributed by atoms with Gasteiger partial charge in [0.25, 0.3) is 5.91 Å². The van der Waals surface area contributed by atoms with Crippen molar-refractivity contribution >= 4 is 28.1 Å². The largest absolute Gasteiger partial charge is 0.416 e. The van der Waals surface area contributed by atoms with Crippen molar-refractivity contribution in [2.45, 2.75) is 64.1 Å². The van der Waals surface area contributed by atoms with Gasteiger partial charge in [0.15, 0.2) is 5.13 Å². The number of alkyl halides is 3. The Labute approximate surface area is 207 Å². The number of carbonyl (C=O) groups is 1. The standard InChI is InChI=1S/C26H29F3N4OS/c1-17-21(24(34)32-12-5-6-13-32)15-23(33(17)20-10-3-2-4-11-20)22-16-35-25(31-22)30-19-9-7-8-18(14-19)26(27,28)29/h7-9,14-16,20H,2-6,10-13H2,1H3,(H,30,31). The van der Waals surface area contributed by atoms with Gasteiger partial charge in [-0.05, 0) is 56.9 Å². The monoisotopic (exact) mass is 502 g/mol. The summed E-state index contributed by atoms with van der Waals surface area (Å²) in [5.74, 6) is 0.0772. The lowest BCUT2D eigenvalue weighted by molar-refractivity contribution is -0.137. The molecule has 0 unspecified atom stereocenters. The second kappa shape index (κ2) is 9.68. The molecule has 0 radical (unpaired) electrons. The predicted octanol–water partition coefficient (Wildman–Crippen LogP) is 7.42. The van der Waals surface area contributed by atoms with Crippen molar-refractivity contribution in [2.24, 2.45) is 0 Å². The molecule has 2 aromatic heterocycles. The van der Waals surface area contributed by atoms with Crippen LogP contribution in [-0.2, 0) is 6.18 Å². The van der Waals surface area contributed by atoms with Gasteiger partial charge in [-0.15, -0.1) is 11.3 Å². The summed E-state index contributed by atoms with van der Waals surface area (Å²) < 4.78 is 41.6. The highest BCUT2D eigenvalue weighted by molar-refractivity contribution is 7.14. The van der Waals surface area contributed by atoms with Gasteiger partial charge in [-0.2, -0.15) is 13.2 Å². The Kier molecular flexibility index (Phi) is 6.61. The van der Waals surface area contributed by atoms with Crippen molar-refractivity contribution in [1.82, 2.24) is 14.5 Å². The van der Waals surface area contributed by atoms with E-state index in [0.29, 0.717) is 16.9 Å². The number of rotatable bonds is 5. The Balaban J connectivity index is 1.47. The molecule has 0 bridgehead atoms. The lowest BCUT2D eigenvalue weighted by Crippen LogP contribution is -2.28.